The maximum absolute atomic E-state index is 11.2. The van der Waals surface area contributed by atoms with E-state index >= 15 is 0 Å². The van der Waals surface area contributed by atoms with Gasteiger partial charge in [-0.25, -0.2) is 4.79 Å². The first kappa shape index (κ1) is 11.2. The van der Waals surface area contributed by atoms with Crippen molar-refractivity contribution < 1.29 is 14.3 Å². The fourth-order valence-corrected chi connectivity index (χ4v) is 1.22. The van der Waals surface area contributed by atoms with Crippen molar-refractivity contribution in [2.75, 3.05) is 12.4 Å². The van der Waals surface area contributed by atoms with Crippen LogP contribution in [0.15, 0.2) is 18.2 Å². The molecular formula is C11H13NO3. The molecule has 80 valence electrons. The molecule has 0 spiro atoms. The van der Waals surface area contributed by atoms with Gasteiger partial charge in [-0.2, -0.15) is 0 Å². The molecule has 0 bridgehead atoms. The molecule has 15 heavy (non-hydrogen) atoms. The fraction of sp³-hybridized carbons (Fsp3) is 0.273. The van der Waals surface area contributed by atoms with Gasteiger partial charge < -0.3 is 10.1 Å². The predicted octanol–water partition coefficient (Wildman–Crippen LogP) is 1.41. The van der Waals surface area contributed by atoms with E-state index in [0.717, 1.165) is 11.1 Å². The molecule has 4 nitrogen and oxygen atoms in total. The quantitative estimate of drug-likeness (QED) is 0.559. The van der Waals surface area contributed by atoms with Crippen LogP contribution >= 0.6 is 0 Å². The van der Waals surface area contributed by atoms with Crippen molar-refractivity contribution in [1.82, 2.24) is 0 Å². The van der Waals surface area contributed by atoms with Crippen LogP contribution in [0.5, 0.6) is 0 Å². The zero-order valence-corrected chi connectivity index (χ0v) is 8.96. The van der Waals surface area contributed by atoms with Crippen LogP contribution < -0.4 is 5.32 Å². The molecule has 0 unspecified atom stereocenters. The second kappa shape index (κ2) is 4.59. The number of rotatable bonds is 1. The number of benzene rings is 1. The highest BCUT2D eigenvalue weighted by atomic mass is 16.5. The van der Waals surface area contributed by atoms with Crippen molar-refractivity contribution in [2.45, 2.75) is 13.8 Å². The van der Waals surface area contributed by atoms with Gasteiger partial charge in [0, 0.05) is 5.69 Å². The summed E-state index contributed by atoms with van der Waals surface area (Å²) >= 11 is 0. The molecular weight excluding hydrogens is 194 g/mol. The summed E-state index contributed by atoms with van der Waals surface area (Å²) in [5.41, 5.74) is 2.63. The van der Waals surface area contributed by atoms with Crippen LogP contribution in [0, 0.1) is 13.8 Å². The number of methoxy groups -OCH3 is 1. The molecule has 1 amide bonds. The van der Waals surface area contributed by atoms with E-state index in [1.807, 2.05) is 26.0 Å². The Kier molecular flexibility index (Phi) is 3.44. The highest BCUT2D eigenvalue weighted by Crippen LogP contribution is 2.15. The summed E-state index contributed by atoms with van der Waals surface area (Å²) in [6, 6.07) is 5.54. The minimum absolute atomic E-state index is 0.621. The average molecular weight is 207 g/mol. The van der Waals surface area contributed by atoms with Gasteiger partial charge in [0.05, 0.1) is 7.11 Å². The smallest absolute Gasteiger partial charge is 0.396 e. The minimum atomic E-state index is -0.894. The van der Waals surface area contributed by atoms with Crippen LogP contribution in [0.25, 0.3) is 0 Å². The lowest BCUT2D eigenvalue weighted by atomic mass is 10.1. The third-order valence-electron chi connectivity index (χ3n) is 2.00. The van der Waals surface area contributed by atoms with Crippen LogP contribution in [0.2, 0.25) is 0 Å². The Balaban J connectivity index is 2.81. The Bertz CT molecular complexity index is 399. The first-order valence-corrected chi connectivity index (χ1v) is 4.51. The molecule has 0 radical (unpaired) electrons. The molecule has 0 saturated heterocycles. The van der Waals surface area contributed by atoms with Crippen molar-refractivity contribution in [3.8, 4) is 0 Å². The van der Waals surface area contributed by atoms with Crippen molar-refractivity contribution in [2.24, 2.45) is 0 Å². The Labute approximate surface area is 88.2 Å². The number of hydrogen-bond acceptors (Lipinski definition) is 3. The van der Waals surface area contributed by atoms with E-state index in [0.29, 0.717) is 5.69 Å². The molecule has 0 aliphatic rings. The topological polar surface area (TPSA) is 55.4 Å². The maximum atomic E-state index is 11.2. The molecule has 0 aromatic heterocycles. The van der Waals surface area contributed by atoms with E-state index in [9.17, 15) is 9.59 Å². The molecule has 0 atom stereocenters. The lowest BCUT2D eigenvalue weighted by Gasteiger charge is -2.07. The zero-order valence-electron chi connectivity index (χ0n) is 8.96. The van der Waals surface area contributed by atoms with Crippen molar-refractivity contribution in [1.29, 1.82) is 0 Å². The number of anilines is 1. The van der Waals surface area contributed by atoms with Gasteiger partial charge in [-0.3, -0.25) is 4.79 Å². The Morgan fingerprint density at radius 2 is 1.93 bits per heavy atom. The molecule has 0 saturated carbocycles. The molecule has 0 fully saturated rings. The third kappa shape index (κ3) is 2.80. The summed E-state index contributed by atoms with van der Waals surface area (Å²) in [6.07, 6.45) is 0. The summed E-state index contributed by atoms with van der Waals surface area (Å²) in [5.74, 6) is -1.65. The minimum Gasteiger partial charge on any atom is -0.462 e. The number of hydrogen-bond donors (Lipinski definition) is 1. The lowest BCUT2D eigenvalue weighted by Crippen LogP contribution is -2.24. The maximum Gasteiger partial charge on any atom is 0.396 e. The molecule has 1 aromatic rings. The van der Waals surface area contributed by atoms with Crippen LogP contribution in [-0.2, 0) is 14.3 Å². The number of esters is 1. The SMILES string of the molecule is COC(=O)C(=O)Nc1ccc(C)cc1C. The Hall–Kier alpha value is -1.84. The van der Waals surface area contributed by atoms with E-state index in [2.05, 4.69) is 10.1 Å². The predicted molar refractivity (Wildman–Crippen MR) is 56.6 cm³/mol. The monoisotopic (exact) mass is 207 g/mol. The van der Waals surface area contributed by atoms with Crippen molar-refractivity contribution in [3.05, 3.63) is 29.3 Å². The second-order valence-electron chi connectivity index (χ2n) is 3.26. The van der Waals surface area contributed by atoms with Gasteiger partial charge >= 0.3 is 11.9 Å². The van der Waals surface area contributed by atoms with Crippen LogP contribution in [0.3, 0.4) is 0 Å². The van der Waals surface area contributed by atoms with Gasteiger partial charge in [-0.1, -0.05) is 17.7 Å². The van der Waals surface area contributed by atoms with E-state index in [1.165, 1.54) is 7.11 Å². The molecule has 4 heteroatoms. The normalized spacial score (nSPS) is 9.53. The number of amides is 1. The summed E-state index contributed by atoms with van der Waals surface area (Å²) in [7, 11) is 1.17. The van der Waals surface area contributed by atoms with Gasteiger partial charge in [-0.15, -0.1) is 0 Å². The fourth-order valence-electron chi connectivity index (χ4n) is 1.22. The van der Waals surface area contributed by atoms with Crippen LogP contribution in [-0.4, -0.2) is 19.0 Å². The number of aryl methyl sites for hydroxylation is 2. The summed E-state index contributed by atoms with van der Waals surface area (Å²) < 4.78 is 4.30. The van der Waals surface area contributed by atoms with E-state index in [1.54, 1.807) is 6.07 Å². The van der Waals surface area contributed by atoms with E-state index < -0.39 is 11.9 Å². The van der Waals surface area contributed by atoms with Crippen LogP contribution in [0.1, 0.15) is 11.1 Å². The Morgan fingerprint density at radius 1 is 1.27 bits per heavy atom. The first-order valence-electron chi connectivity index (χ1n) is 4.51. The van der Waals surface area contributed by atoms with Crippen LogP contribution in [0.4, 0.5) is 5.69 Å². The standard InChI is InChI=1S/C11H13NO3/c1-7-4-5-9(8(2)6-7)12-10(13)11(14)15-3/h4-6H,1-3H3,(H,12,13). The largest absolute Gasteiger partial charge is 0.462 e. The van der Waals surface area contributed by atoms with Gasteiger partial charge in [0.25, 0.3) is 0 Å². The molecule has 0 aliphatic heterocycles. The third-order valence-corrected chi connectivity index (χ3v) is 2.00. The number of carbonyl (C=O) groups excluding carboxylic acids is 2. The molecule has 1 N–H and O–H groups in total. The van der Waals surface area contributed by atoms with Gasteiger partial charge in [0.1, 0.15) is 0 Å². The highest BCUT2D eigenvalue weighted by Gasteiger charge is 2.14. The number of nitrogens with one attached hydrogen (secondary N) is 1. The zero-order chi connectivity index (χ0) is 11.4. The number of ether oxygens (including phenoxy) is 1. The molecule has 0 aliphatic carbocycles. The molecule has 0 heterocycles. The highest BCUT2D eigenvalue weighted by molar-refractivity contribution is 6.37. The molecule has 1 aromatic carbocycles. The van der Waals surface area contributed by atoms with E-state index in [4.69, 9.17) is 0 Å². The van der Waals surface area contributed by atoms with Crippen molar-refractivity contribution >= 4 is 17.6 Å². The van der Waals surface area contributed by atoms with Gasteiger partial charge in [0.15, 0.2) is 0 Å². The first-order chi connectivity index (χ1) is 7.04. The summed E-state index contributed by atoms with van der Waals surface area (Å²) in [5, 5.41) is 2.47. The second-order valence-corrected chi connectivity index (χ2v) is 3.26. The summed E-state index contributed by atoms with van der Waals surface area (Å²) in [6.45, 7) is 3.82. The van der Waals surface area contributed by atoms with Gasteiger partial charge in [-0.05, 0) is 25.5 Å². The number of carbonyl (C=O) groups is 2. The van der Waals surface area contributed by atoms with E-state index in [-0.39, 0.29) is 0 Å². The Morgan fingerprint density at radius 3 is 2.47 bits per heavy atom. The van der Waals surface area contributed by atoms with Crippen molar-refractivity contribution in [3.63, 3.8) is 0 Å². The lowest BCUT2D eigenvalue weighted by molar-refractivity contribution is -0.150. The van der Waals surface area contributed by atoms with Gasteiger partial charge in [0.2, 0.25) is 0 Å². The molecule has 1 rings (SSSR count). The summed E-state index contributed by atoms with van der Waals surface area (Å²) in [4.78, 5) is 22.1. The average Bonchev–Trinajstić information content (AvgIpc) is 2.20.